The third-order valence-corrected chi connectivity index (χ3v) is 1.37. The molecule has 0 aromatic carbocycles. The second kappa shape index (κ2) is 3.69. The Bertz CT molecular complexity index is 301. The third-order valence-electron chi connectivity index (χ3n) is 1.37. The molecule has 1 aromatic rings. The predicted octanol–water partition coefficient (Wildman–Crippen LogP) is 1.08. The van der Waals surface area contributed by atoms with Gasteiger partial charge < -0.3 is 9.26 Å². The highest BCUT2D eigenvalue weighted by Gasteiger charge is 2.10. The van der Waals surface area contributed by atoms with Crippen molar-refractivity contribution < 1.29 is 14.1 Å². The van der Waals surface area contributed by atoms with Crippen molar-refractivity contribution in [1.29, 1.82) is 0 Å². The Morgan fingerprint density at radius 1 is 1.83 bits per heavy atom. The third kappa shape index (κ3) is 1.71. The zero-order valence-electron chi connectivity index (χ0n) is 6.77. The summed E-state index contributed by atoms with van der Waals surface area (Å²) >= 11 is 0. The van der Waals surface area contributed by atoms with Crippen molar-refractivity contribution in [1.82, 2.24) is 5.16 Å². The van der Waals surface area contributed by atoms with Crippen LogP contribution >= 0.6 is 0 Å². The molecule has 64 valence electrons. The molecule has 5 heteroatoms. The number of methoxy groups -OCH3 is 1. The minimum absolute atomic E-state index is 0.362. The van der Waals surface area contributed by atoms with E-state index in [0.717, 1.165) is 0 Å². The van der Waals surface area contributed by atoms with Crippen LogP contribution in [-0.2, 0) is 4.79 Å². The van der Waals surface area contributed by atoms with Crippen LogP contribution in [0.5, 0.6) is 5.88 Å². The van der Waals surface area contributed by atoms with E-state index in [2.05, 4.69) is 10.1 Å². The average Bonchev–Trinajstić information content (AvgIpc) is 2.52. The van der Waals surface area contributed by atoms with Crippen molar-refractivity contribution in [2.75, 3.05) is 7.11 Å². The monoisotopic (exact) mass is 168 g/mol. The number of aromatic nitrogens is 1. The summed E-state index contributed by atoms with van der Waals surface area (Å²) < 4.78 is 9.60. The number of isocyanates is 1. The molecule has 0 radical (unpaired) electrons. The topological polar surface area (TPSA) is 64.7 Å². The van der Waals surface area contributed by atoms with Gasteiger partial charge in [-0.1, -0.05) is 0 Å². The van der Waals surface area contributed by atoms with E-state index in [0.29, 0.717) is 11.6 Å². The zero-order valence-corrected chi connectivity index (χ0v) is 6.77. The molecule has 12 heavy (non-hydrogen) atoms. The summed E-state index contributed by atoms with van der Waals surface area (Å²) in [6.45, 7) is 1.70. The quantitative estimate of drug-likeness (QED) is 0.500. The molecule has 0 spiro atoms. The van der Waals surface area contributed by atoms with Gasteiger partial charge in [-0.25, -0.2) is 4.79 Å². The van der Waals surface area contributed by atoms with Crippen molar-refractivity contribution in [3.05, 3.63) is 11.8 Å². The fourth-order valence-corrected chi connectivity index (χ4v) is 0.708. The second-order valence-electron chi connectivity index (χ2n) is 2.17. The number of nitrogens with zero attached hydrogens (tertiary/aromatic N) is 2. The molecular formula is C7H8N2O3. The minimum Gasteiger partial charge on any atom is -0.479 e. The van der Waals surface area contributed by atoms with E-state index in [9.17, 15) is 4.79 Å². The van der Waals surface area contributed by atoms with E-state index in [1.165, 1.54) is 13.2 Å². The summed E-state index contributed by atoms with van der Waals surface area (Å²) in [7, 11) is 1.48. The molecule has 1 atom stereocenters. The lowest BCUT2D eigenvalue weighted by atomic mass is 10.3. The number of aliphatic imine (C=N–C) groups is 1. The lowest BCUT2D eigenvalue weighted by molar-refractivity contribution is 0.320. The Kier molecular flexibility index (Phi) is 2.61. The lowest BCUT2D eigenvalue weighted by Gasteiger charge is -1.93. The maximum atomic E-state index is 9.88. The highest BCUT2D eigenvalue weighted by Crippen LogP contribution is 2.19. The van der Waals surface area contributed by atoms with Gasteiger partial charge in [-0.2, -0.15) is 4.99 Å². The highest BCUT2D eigenvalue weighted by molar-refractivity contribution is 5.34. The summed E-state index contributed by atoms with van der Waals surface area (Å²) in [6.07, 6.45) is 1.44. The number of hydrogen-bond acceptors (Lipinski definition) is 5. The number of rotatable bonds is 3. The molecule has 1 rings (SSSR count). The largest absolute Gasteiger partial charge is 0.479 e. The molecule has 0 saturated heterocycles. The molecule has 0 aliphatic heterocycles. The van der Waals surface area contributed by atoms with Gasteiger partial charge in [-0.3, -0.25) is 0 Å². The van der Waals surface area contributed by atoms with E-state index < -0.39 is 0 Å². The number of ether oxygens (including phenoxy) is 1. The zero-order chi connectivity index (χ0) is 8.97. The van der Waals surface area contributed by atoms with Gasteiger partial charge >= 0.3 is 0 Å². The highest BCUT2D eigenvalue weighted by atomic mass is 16.5. The SMILES string of the molecule is COc1cc(C(C)N=C=O)on1. The first-order valence-corrected chi connectivity index (χ1v) is 3.35. The maximum absolute atomic E-state index is 9.88. The van der Waals surface area contributed by atoms with E-state index in [1.807, 2.05) is 0 Å². The molecule has 5 nitrogen and oxygen atoms in total. The van der Waals surface area contributed by atoms with E-state index in [4.69, 9.17) is 9.26 Å². The molecule has 0 bridgehead atoms. The Balaban J connectivity index is 2.81. The average molecular weight is 168 g/mol. The van der Waals surface area contributed by atoms with Gasteiger partial charge in [0.2, 0.25) is 6.08 Å². The first kappa shape index (κ1) is 8.49. The molecular weight excluding hydrogens is 160 g/mol. The van der Waals surface area contributed by atoms with Crippen molar-refractivity contribution in [3.63, 3.8) is 0 Å². The van der Waals surface area contributed by atoms with Gasteiger partial charge in [0.05, 0.1) is 7.11 Å². The second-order valence-corrected chi connectivity index (χ2v) is 2.17. The van der Waals surface area contributed by atoms with Crippen molar-refractivity contribution in [2.24, 2.45) is 4.99 Å². The molecule has 0 saturated carbocycles. The smallest absolute Gasteiger partial charge is 0.254 e. The Labute approximate surface area is 69.0 Å². The number of carbonyl (C=O) groups excluding carboxylic acids is 1. The van der Waals surface area contributed by atoms with E-state index in [-0.39, 0.29) is 6.04 Å². The van der Waals surface area contributed by atoms with Crippen molar-refractivity contribution in [2.45, 2.75) is 13.0 Å². The molecule has 1 heterocycles. The fourth-order valence-electron chi connectivity index (χ4n) is 0.708. The van der Waals surface area contributed by atoms with Gasteiger partial charge in [-0.05, 0) is 12.1 Å². The molecule has 0 amide bonds. The first-order chi connectivity index (χ1) is 5.77. The summed E-state index contributed by atoms with van der Waals surface area (Å²) in [4.78, 5) is 13.3. The Morgan fingerprint density at radius 3 is 3.08 bits per heavy atom. The maximum Gasteiger partial charge on any atom is 0.254 e. The van der Waals surface area contributed by atoms with Crippen LogP contribution in [0, 0.1) is 0 Å². The normalized spacial score (nSPS) is 11.8. The minimum atomic E-state index is -0.362. The van der Waals surface area contributed by atoms with Crippen LogP contribution < -0.4 is 4.74 Å². The van der Waals surface area contributed by atoms with Crippen LogP contribution in [0.3, 0.4) is 0 Å². The van der Waals surface area contributed by atoms with Crippen LogP contribution in [0.1, 0.15) is 18.7 Å². The van der Waals surface area contributed by atoms with Crippen LogP contribution in [0.25, 0.3) is 0 Å². The van der Waals surface area contributed by atoms with Crippen molar-refractivity contribution in [3.8, 4) is 5.88 Å². The van der Waals surface area contributed by atoms with Gasteiger partial charge in [0.15, 0.2) is 5.76 Å². The number of hydrogen-bond donors (Lipinski definition) is 0. The van der Waals surface area contributed by atoms with Crippen LogP contribution in [0.2, 0.25) is 0 Å². The molecule has 0 fully saturated rings. The van der Waals surface area contributed by atoms with E-state index >= 15 is 0 Å². The van der Waals surface area contributed by atoms with Gasteiger partial charge in [0.25, 0.3) is 5.88 Å². The standard InChI is InChI=1S/C7H8N2O3/c1-5(8-4-10)6-3-7(11-2)9-12-6/h3,5H,1-2H3. The van der Waals surface area contributed by atoms with Crippen LogP contribution in [-0.4, -0.2) is 18.3 Å². The summed E-state index contributed by atoms with van der Waals surface area (Å²) in [5.41, 5.74) is 0. The van der Waals surface area contributed by atoms with Gasteiger partial charge in [-0.15, -0.1) is 0 Å². The summed E-state index contributed by atoms with van der Waals surface area (Å²) in [5.74, 6) is 0.855. The summed E-state index contributed by atoms with van der Waals surface area (Å²) in [6, 6.07) is 1.21. The molecule has 1 aromatic heterocycles. The molecule has 0 N–H and O–H groups in total. The van der Waals surface area contributed by atoms with Crippen LogP contribution in [0.4, 0.5) is 0 Å². The van der Waals surface area contributed by atoms with Crippen molar-refractivity contribution >= 4 is 6.08 Å². The Morgan fingerprint density at radius 2 is 2.58 bits per heavy atom. The molecule has 1 unspecified atom stereocenters. The molecule has 0 aliphatic carbocycles. The lowest BCUT2D eigenvalue weighted by Crippen LogP contribution is -1.84. The molecule has 0 aliphatic rings. The Hall–Kier alpha value is -1.61. The van der Waals surface area contributed by atoms with Gasteiger partial charge in [0.1, 0.15) is 6.04 Å². The fraction of sp³-hybridized carbons (Fsp3) is 0.429. The summed E-state index contributed by atoms with van der Waals surface area (Å²) in [5, 5.41) is 3.55. The van der Waals surface area contributed by atoms with E-state index in [1.54, 1.807) is 13.0 Å². The van der Waals surface area contributed by atoms with Crippen LogP contribution in [0.15, 0.2) is 15.6 Å². The predicted molar refractivity (Wildman–Crippen MR) is 39.6 cm³/mol. The van der Waals surface area contributed by atoms with Gasteiger partial charge in [0, 0.05) is 6.07 Å². The first-order valence-electron chi connectivity index (χ1n) is 3.35.